The summed E-state index contributed by atoms with van der Waals surface area (Å²) in [5.74, 6) is -0.526. The number of rotatable bonds is 4. The number of benzene rings is 1. The van der Waals surface area contributed by atoms with Gasteiger partial charge < -0.3 is 5.32 Å². The molecule has 0 saturated carbocycles. The summed E-state index contributed by atoms with van der Waals surface area (Å²) in [6, 6.07) is 7.16. The van der Waals surface area contributed by atoms with E-state index in [0.29, 0.717) is 5.69 Å². The maximum Gasteiger partial charge on any atom is 0.270 e. The lowest BCUT2D eigenvalue weighted by Crippen LogP contribution is -2.13. The highest BCUT2D eigenvalue weighted by Crippen LogP contribution is 2.23. The lowest BCUT2D eigenvalue weighted by molar-refractivity contribution is -0.384. The molecule has 0 aliphatic carbocycles. The number of nitrogens with zero attached hydrogens (tertiary/aromatic N) is 2. The van der Waals surface area contributed by atoms with E-state index in [0.717, 1.165) is 11.1 Å². The fourth-order valence-corrected chi connectivity index (χ4v) is 2.14. The van der Waals surface area contributed by atoms with Crippen LogP contribution in [0.2, 0.25) is 5.02 Å². The number of aromatic nitrogens is 1. The third kappa shape index (κ3) is 3.71. The molecule has 0 aliphatic heterocycles. The molecule has 108 valence electrons. The predicted octanol–water partition coefficient (Wildman–Crippen LogP) is 3.62. The number of hydrogen-bond acceptors (Lipinski definition) is 5. The Morgan fingerprint density at radius 3 is 2.71 bits per heavy atom. The molecule has 1 N–H and O–H groups in total. The van der Waals surface area contributed by atoms with Gasteiger partial charge in [0.05, 0.1) is 32.4 Å². The number of halogens is 1. The Morgan fingerprint density at radius 1 is 1.38 bits per heavy atom. The molecule has 6 nitrogen and oxygen atoms in total. The summed E-state index contributed by atoms with van der Waals surface area (Å²) in [4.78, 5) is 26.4. The van der Waals surface area contributed by atoms with Crippen molar-refractivity contribution < 1.29 is 9.72 Å². The van der Waals surface area contributed by atoms with Crippen molar-refractivity contribution in [3.8, 4) is 0 Å². The topological polar surface area (TPSA) is 85.1 Å². The largest absolute Gasteiger partial charge is 0.321 e. The van der Waals surface area contributed by atoms with Crippen LogP contribution in [0.1, 0.15) is 10.4 Å². The Morgan fingerprint density at radius 2 is 2.14 bits per heavy atom. The molecular weight excluding hydrogens is 314 g/mol. The van der Waals surface area contributed by atoms with Gasteiger partial charge in [0.2, 0.25) is 0 Å². The minimum absolute atomic E-state index is 0.0415. The van der Waals surface area contributed by atoms with Crippen molar-refractivity contribution in [2.45, 2.75) is 5.03 Å². The summed E-state index contributed by atoms with van der Waals surface area (Å²) >= 11 is 7.39. The van der Waals surface area contributed by atoms with Crippen LogP contribution in [-0.4, -0.2) is 22.1 Å². The number of carbonyl (C=O) groups is 1. The lowest BCUT2D eigenvalue weighted by Gasteiger charge is -2.07. The second-order valence-corrected chi connectivity index (χ2v) is 5.20. The number of hydrogen-bond donors (Lipinski definition) is 1. The molecule has 0 saturated heterocycles. The molecule has 0 spiro atoms. The maximum atomic E-state index is 12.1. The number of thioether (sulfide) groups is 1. The van der Waals surface area contributed by atoms with Crippen LogP contribution >= 0.6 is 23.4 Å². The number of non-ortho nitro benzene ring substituents is 1. The van der Waals surface area contributed by atoms with Gasteiger partial charge in [0.25, 0.3) is 11.6 Å². The van der Waals surface area contributed by atoms with Crippen molar-refractivity contribution in [3.63, 3.8) is 0 Å². The van der Waals surface area contributed by atoms with Crippen LogP contribution in [0.3, 0.4) is 0 Å². The van der Waals surface area contributed by atoms with Gasteiger partial charge in [-0.05, 0) is 24.5 Å². The van der Waals surface area contributed by atoms with E-state index in [1.165, 1.54) is 30.1 Å². The molecule has 0 fully saturated rings. The molecule has 1 heterocycles. The number of amides is 1. The molecular formula is C13H10ClN3O3S. The standard InChI is InChI=1S/C13H10ClN3O3S/c1-21-12-5-2-8(7-15-12)16-13(18)10-6-9(17(19)20)3-4-11(10)14/h2-7H,1H3,(H,16,18). The summed E-state index contributed by atoms with van der Waals surface area (Å²) in [5.41, 5.74) is 0.334. The number of nitro benzene ring substituents is 1. The van der Waals surface area contributed by atoms with Crippen molar-refractivity contribution in [2.24, 2.45) is 0 Å². The summed E-state index contributed by atoms with van der Waals surface area (Å²) in [5, 5.41) is 14.3. The van der Waals surface area contributed by atoms with E-state index in [1.54, 1.807) is 12.1 Å². The molecule has 0 atom stereocenters. The summed E-state index contributed by atoms with van der Waals surface area (Å²) in [6.45, 7) is 0. The van der Waals surface area contributed by atoms with Crippen LogP contribution in [-0.2, 0) is 0 Å². The fraction of sp³-hybridized carbons (Fsp3) is 0.0769. The van der Waals surface area contributed by atoms with Gasteiger partial charge in [0, 0.05) is 12.1 Å². The number of nitrogens with one attached hydrogen (secondary N) is 1. The second-order valence-electron chi connectivity index (χ2n) is 3.96. The van der Waals surface area contributed by atoms with Crippen LogP contribution in [0.4, 0.5) is 11.4 Å². The van der Waals surface area contributed by atoms with E-state index >= 15 is 0 Å². The van der Waals surface area contributed by atoms with Crippen molar-refractivity contribution in [3.05, 3.63) is 57.2 Å². The average molecular weight is 324 g/mol. The van der Waals surface area contributed by atoms with E-state index in [4.69, 9.17) is 11.6 Å². The van der Waals surface area contributed by atoms with Gasteiger partial charge in [-0.2, -0.15) is 0 Å². The quantitative estimate of drug-likeness (QED) is 0.527. The number of carbonyl (C=O) groups excluding carboxylic acids is 1. The highest BCUT2D eigenvalue weighted by Gasteiger charge is 2.16. The molecule has 1 amide bonds. The van der Waals surface area contributed by atoms with Gasteiger partial charge in [-0.3, -0.25) is 14.9 Å². The summed E-state index contributed by atoms with van der Waals surface area (Å²) in [6.07, 6.45) is 3.40. The zero-order valence-electron chi connectivity index (χ0n) is 10.9. The van der Waals surface area contributed by atoms with Crippen LogP contribution in [0.5, 0.6) is 0 Å². The van der Waals surface area contributed by atoms with E-state index < -0.39 is 10.8 Å². The van der Waals surface area contributed by atoms with E-state index in [9.17, 15) is 14.9 Å². The van der Waals surface area contributed by atoms with Gasteiger partial charge in [-0.15, -0.1) is 11.8 Å². The van der Waals surface area contributed by atoms with Crippen LogP contribution in [0, 0.1) is 10.1 Å². The molecule has 2 rings (SSSR count). The fourth-order valence-electron chi connectivity index (χ4n) is 1.57. The van der Waals surface area contributed by atoms with Crippen LogP contribution in [0.15, 0.2) is 41.6 Å². The molecule has 2 aromatic rings. The van der Waals surface area contributed by atoms with Crippen molar-refractivity contribution in [2.75, 3.05) is 11.6 Å². The van der Waals surface area contributed by atoms with Crippen molar-refractivity contribution in [1.29, 1.82) is 0 Å². The van der Waals surface area contributed by atoms with Gasteiger partial charge in [-0.1, -0.05) is 11.6 Å². The highest BCUT2D eigenvalue weighted by atomic mass is 35.5. The van der Waals surface area contributed by atoms with Crippen molar-refractivity contribution >= 4 is 40.6 Å². The lowest BCUT2D eigenvalue weighted by atomic mass is 10.2. The first-order valence-corrected chi connectivity index (χ1v) is 7.37. The first-order valence-electron chi connectivity index (χ1n) is 5.76. The van der Waals surface area contributed by atoms with Gasteiger partial charge in [-0.25, -0.2) is 4.98 Å². The molecule has 1 aromatic heterocycles. The summed E-state index contributed by atoms with van der Waals surface area (Å²) < 4.78 is 0. The minimum Gasteiger partial charge on any atom is -0.321 e. The highest BCUT2D eigenvalue weighted by molar-refractivity contribution is 7.98. The first-order chi connectivity index (χ1) is 10.0. The third-order valence-corrected chi connectivity index (χ3v) is 3.60. The Kier molecular flexibility index (Phi) is 4.77. The van der Waals surface area contributed by atoms with Gasteiger partial charge in [0.15, 0.2) is 0 Å². The molecule has 21 heavy (non-hydrogen) atoms. The SMILES string of the molecule is CSc1ccc(NC(=O)c2cc([N+](=O)[O-])ccc2Cl)cn1. The number of anilines is 1. The van der Waals surface area contributed by atoms with Crippen LogP contribution < -0.4 is 5.32 Å². The Balaban J connectivity index is 2.23. The maximum absolute atomic E-state index is 12.1. The Labute approximate surface area is 129 Å². The predicted molar refractivity (Wildman–Crippen MR) is 82.1 cm³/mol. The molecule has 0 unspecified atom stereocenters. The molecule has 1 aromatic carbocycles. The zero-order chi connectivity index (χ0) is 15.4. The third-order valence-electron chi connectivity index (χ3n) is 2.61. The number of nitro groups is 1. The Bertz CT molecular complexity index is 692. The summed E-state index contributed by atoms with van der Waals surface area (Å²) in [7, 11) is 0. The van der Waals surface area contributed by atoms with E-state index in [2.05, 4.69) is 10.3 Å². The molecule has 8 heteroatoms. The zero-order valence-corrected chi connectivity index (χ0v) is 12.4. The molecule has 0 bridgehead atoms. The normalized spacial score (nSPS) is 10.2. The minimum atomic E-state index is -0.581. The van der Waals surface area contributed by atoms with E-state index in [-0.39, 0.29) is 16.3 Å². The number of pyridine rings is 1. The average Bonchev–Trinajstić information content (AvgIpc) is 2.48. The monoisotopic (exact) mass is 323 g/mol. The second kappa shape index (κ2) is 6.55. The molecule has 0 aliphatic rings. The molecule has 0 radical (unpaired) electrons. The van der Waals surface area contributed by atoms with Gasteiger partial charge in [0.1, 0.15) is 0 Å². The van der Waals surface area contributed by atoms with E-state index in [1.807, 2.05) is 6.26 Å². The Hall–Kier alpha value is -2.12. The smallest absolute Gasteiger partial charge is 0.270 e. The first kappa shape index (κ1) is 15.3. The van der Waals surface area contributed by atoms with Gasteiger partial charge >= 0.3 is 0 Å². The van der Waals surface area contributed by atoms with Crippen molar-refractivity contribution in [1.82, 2.24) is 4.98 Å². The van der Waals surface area contributed by atoms with Crippen LogP contribution in [0.25, 0.3) is 0 Å².